The quantitative estimate of drug-likeness (QED) is 0.733. The van der Waals surface area contributed by atoms with Gasteiger partial charge in [-0.1, -0.05) is 35.9 Å². The van der Waals surface area contributed by atoms with Gasteiger partial charge in [-0.3, -0.25) is 0 Å². The Hall–Kier alpha value is -1.98. The molecule has 1 aliphatic heterocycles. The van der Waals surface area contributed by atoms with Gasteiger partial charge >= 0.3 is 6.03 Å². The van der Waals surface area contributed by atoms with Crippen molar-refractivity contribution in [2.45, 2.75) is 37.3 Å². The van der Waals surface area contributed by atoms with E-state index >= 15 is 0 Å². The zero-order valence-corrected chi connectivity index (χ0v) is 16.2. The van der Waals surface area contributed by atoms with Crippen molar-refractivity contribution in [3.8, 4) is 0 Å². The standard InChI is InChI=1S/C21H26N2O2S/c1-16-6-3-7-17(12-16)14-23(15-19-9-5-11-25-19)21(24)22-18-8-4-10-20(13-18)26-2/h3-4,6-8,10,12-13,19H,5,9,11,14-15H2,1-2H3,(H,22,24)/t19-/m0/s1. The van der Waals surface area contributed by atoms with Gasteiger partial charge in [0.25, 0.3) is 0 Å². The Morgan fingerprint density at radius 2 is 2.12 bits per heavy atom. The molecule has 0 spiro atoms. The lowest BCUT2D eigenvalue weighted by atomic mass is 10.1. The molecule has 2 amide bonds. The predicted molar refractivity (Wildman–Crippen MR) is 108 cm³/mol. The number of hydrogen-bond donors (Lipinski definition) is 1. The third kappa shape index (κ3) is 5.26. The number of nitrogens with zero attached hydrogens (tertiary/aromatic N) is 1. The van der Waals surface area contributed by atoms with Gasteiger partial charge in [-0.05, 0) is 49.8 Å². The molecule has 5 heteroatoms. The van der Waals surface area contributed by atoms with E-state index in [9.17, 15) is 4.79 Å². The fourth-order valence-corrected chi connectivity index (χ4v) is 3.65. The number of thioether (sulfide) groups is 1. The van der Waals surface area contributed by atoms with Crippen LogP contribution in [0.25, 0.3) is 0 Å². The smallest absolute Gasteiger partial charge is 0.322 e. The van der Waals surface area contributed by atoms with Crippen LogP contribution >= 0.6 is 11.8 Å². The van der Waals surface area contributed by atoms with Crippen molar-refractivity contribution in [2.24, 2.45) is 0 Å². The number of carbonyl (C=O) groups excluding carboxylic acids is 1. The van der Waals surface area contributed by atoms with Crippen LogP contribution in [0, 0.1) is 6.92 Å². The molecular weight excluding hydrogens is 344 g/mol. The summed E-state index contributed by atoms with van der Waals surface area (Å²) in [4.78, 5) is 15.9. The highest BCUT2D eigenvalue weighted by Gasteiger charge is 2.23. The van der Waals surface area contributed by atoms with Crippen molar-refractivity contribution in [2.75, 3.05) is 24.7 Å². The van der Waals surface area contributed by atoms with Crippen LogP contribution in [-0.2, 0) is 11.3 Å². The third-order valence-corrected chi connectivity index (χ3v) is 5.24. The van der Waals surface area contributed by atoms with E-state index < -0.39 is 0 Å². The lowest BCUT2D eigenvalue weighted by Crippen LogP contribution is -2.39. The maximum atomic E-state index is 12.9. The molecule has 3 rings (SSSR count). The molecule has 1 heterocycles. The van der Waals surface area contributed by atoms with E-state index in [2.05, 4.69) is 30.4 Å². The molecule has 26 heavy (non-hydrogen) atoms. The Bertz CT molecular complexity index is 744. The lowest BCUT2D eigenvalue weighted by molar-refractivity contribution is 0.0819. The van der Waals surface area contributed by atoms with Crippen molar-refractivity contribution >= 4 is 23.5 Å². The second kappa shape index (κ2) is 9.10. The second-order valence-corrected chi connectivity index (χ2v) is 7.55. The van der Waals surface area contributed by atoms with Crippen LogP contribution in [0.3, 0.4) is 0 Å². The summed E-state index contributed by atoms with van der Waals surface area (Å²) in [6.45, 7) is 4.06. The SMILES string of the molecule is CSc1cccc(NC(=O)N(Cc2cccc(C)c2)C[C@@H]2CCCO2)c1. The Kier molecular flexibility index (Phi) is 6.58. The van der Waals surface area contributed by atoms with Gasteiger partial charge in [0.1, 0.15) is 0 Å². The molecular formula is C21H26N2O2S. The Morgan fingerprint density at radius 1 is 1.27 bits per heavy atom. The zero-order valence-electron chi connectivity index (χ0n) is 15.4. The van der Waals surface area contributed by atoms with E-state index in [4.69, 9.17) is 4.74 Å². The number of rotatable bonds is 6. The highest BCUT2D eigenvalue weighted by atomic mass is 32.2. The van der Waals surface area contributed by atoms with Gasteiger partial charge in [0.2, 0.25) is 0 Å². The summed E-state index contributed by atoms with van der Waals surface area (Å²) < 4.78 is 5.76. The van der Waals surface area contributed by atoms with Crippen molar-refractivity contribution in [3.63, 3.8) is 0 Å². The van der Waals surface area contributed by atoms with Crippen molar-refractivity contribution in [1.82, 2.24) is 4.90 Å². The first-order valence-electron chi connectivity index (χ1n) is 9.01. The first-order chi connectivity index (χ1) is 12.6. The second-order valence-electron chi connectivity index (χ2n) is 6.67. The minimum atomic E-state index is -0.0831. The van der Waals surface area contributed by atoms with E-state index in [0.717, 1.165) is 35.6 Å². The van der Waals surface area contributed by atoms with Crippen LogP contribution in [0.1, 0.15) is 24.0 Å². The molecule has 0 aliphatic carbocycles. The van der Waals surface area contributed by atoms with Crippen molar-refractivity contribution in [1.29, 1.82) is 0 Å². The number of benzene rings is 2. The molecule has 2 aromatic rings. The summed E-state index contributed by atoms with van der Waals surface area (Å²) in [6, 6.07) is 16.1. The molecule has 2 aromatic carbocycles. The van der Waals surface area contributed by atoms with Gasteiger partial charge in [0.05, 0.1) is 6.10 Å². The summed E-state index contributed by atoms with van der Waals surface area (Å²) in [5.74, 6) is 0. The van der Waals surface area contributed by atoms with Gasteiger partial charge in [-0.25, -0.2) is 4.79 Å². The van der Waals surface area contributed by atoms with Crippen LogP contribution in [0.15, 0.2) is 53.4 Å². The van der Waals surface area contributed by atoms with Crippen LogP contribution < -0.4 is 5.32 Å². The number of aryl methyl sites for hydroxylation is 1. The van der Waals surface area contributed by atoms with E-state index in [-0.39, 0.29) is 12.1 Å². The summed E-state index contributed by atoms with van der Waals surface area (Å²) in [5.41, 5.74) is 3.16. The molecule has 0 radical (unpaired) electrons. The maximum absolute atomic E-state index is 12.9. The molecule has 0 unspecified atom stereocenters. The molecule has 1 atom stereocenters. The number of ether oxygens (including phenoxy) is 1. The molecule has 138 valence electrons. The Morgan fingerprint density at radius 3 is 2.85 bits per heavy atom. The molecule has 1 N–H and O–H groups in total. The average Bonchev–Trinajstić information content (AvgIpc) is 3.14. The third-order valence-electron chi connectivity index (χ3n) is 4.51. The molecule has 1 fully saturated rings. The summed E-state index contributed by atoms with van der Waals surface area (Å²) in [7, 11) is 0. The summed E-state index contributed by atoms with van der Waals surface area (Å²) >= 11 is 1.66. The highest BCUT2D eigenvalue weighted by Crippen LogP contribution is 2.21. The average molecular weight is 371 g/mol. The van der Waals surface area contributed by atoms with Crippen molar-refractivity contribution in [3.05, 3.63) is 59.7 Å². The van der Waals surface area contributed by atoms with Crippen LogP contribution in [-0.4, -0.2) is 36.4 Å². The minimum absolute atomic E-state index is 0.0831. The Labute approximate surface area is 159 Å². The first kappa shape index (κ1) is 18.8. The largest absolute Gasteiger partial charge is 0.376 e. The number of nitrogens with one attached hydrogen (secondary N) is 1. The van der Waals surface area contributed by atoms with Crippen molar-refractivity contribution < 1.29 is 9.53 Å². The maximum Gasteiger partial charge on any atom is 0.322 e. The topological polar surface area (TPSA) is 41.6 Å². The van der Waals surface area contributed by atoms with E-state index in [1.54, 1.807) is 11.8 Å². The molecule has 4 nitrogen and oxygen atoms in total. The van der Waals surface area contributed by atoms with Gasteiger partial charge in [0, 0.05) is 30.3 Å². The van der Waals surface area contributed by atoms with Crippen LogP contribution in [0.5, 0.6) is 0 Å². The molecule has 1 saturated heterocycles. The summed E-state index contributed by atoms with van der Waals surface area (Å²) in [6.07, 6.45) is 4.24. The predicted octanol–water partition coefficient (Wildman–Crippen LogP) is 4.93. The Balaban J connectivity index is 1.73. The van der Waals surface area contributed by atoms with Gasteiger partial charge in [0.15, 0.2) is 0 Å². The van der Waals surface area contributed by atoms with Gasteiger partial charge in [-0.15, -0.1) is 11.8 Å². The fourth-order valence-electron chi connectivity index (χ4n) is 3.19. The van der Waals surface area contributed by atoms with Crippen LogP contribution in [0.2, 0.25) is 0 Å². The normalized spacial score (nSPS) is 16.5. The lowest BCUT2D eigenvalue weighted by Gasteiger charge is -2.26. The van der Waals surface area contributed by atoms with Gasteiger partial charge < -0.3 is 15.0 Å². The molecule has 1 aliphatic rings. The summed E-state index contributed by atoms with van der Waals surface area (Å²) in [5, 5.41) is 3.04. The monoisotopic (exact) mass is 370 g/mol. The van der Waals surface area contributed by atoms with Gasteiger partial charge in [-0.2, -0.15) is 0 Å². The molecule has 0 bridgehead atoms. The van der Waals surface area contributed by atoms with Crippen LogP contribution in [0.4, 0.5) is 10.5 Å². The van der Waals surface area contributed by atoms with E-state index in [1.165, 1.54) is 5.56 Å². The number of hydrogen-bond acceptors (Lipinski definition) is 3. The fraction of sp³-hybridized carbons (Fsp3) is 0.381. The molecule has 0 saturated carbocycles. The number of amides is 2. The molecule has 0 aromatic heterocycles. The van der Waals surface area contributed by atoms with E-state index in [1.807, 2.05) is 41.5 Å². The highest BCUT2D eigenvalue weighted by molar-refractivity contribution is 7.98. The number of anilines is 1. The number of urea groups is 1. The van der Waals surface area contributed by atoms with E-state index in [0.29, 0.717) is 13.1 Å². The first-order valence-corrected chi connectivity index (χ1v) is 10.2. The zero-order chi connectivity index (χ0) is 18.4. The number of carbonyl (C=O) groups is 1. The minimum Gasteiger partial charge on any atom is -0.376 e.